The average Bonchev–Trinajstić information content (AvgIpc) is 2.34. The summed E-state index contributed by atoms with van der Waals surface area (Å²) in [7, 11) is 2.88. The molecule has 0 amide bonds. The molecule has 0 atom stereocenters. The predicted octanol–water partition coefficient (Wildman–Crippen LogP) is 1.53. The first-order chi connectivity index (χ1) is 7.72. The topological polar surface area (TPSA) is 47.6 Å². The van der Waals surface area contributed by atoms with Crippen LogP contribution < -0.4 is 10.1 Å². The van der Waals surface area contributed by atoms with Gasteiger partial charge in [-0.1, -0.05) is 5.92 Å². The minimum Gasteiger partial charge on any atom is -0.495 e. The zero-order valence-electron chi connectivity index (χ0n) is 9.24. The molecule has 0 aliphatic heterocycles. The van der Waals surface area contributed by atoms with Crippen molar-refractivity contribution in [2.75, 3.05) is 26.1 Å². The van der Waals surface area contributed by atoms with Crippen LogP contribution in [0.25, 0.3) is 0 Å². The van der Waals surface area contributed by atoms with Crippen LogP contribution in [0.2, 0.25) is 0 Å². The Balaban J connectivity index is 3.01. The Kier molecular flexibility index (Phi) is 4.22. The van der Waals surface area contributed by atoms with E-state index in [4.69, 9.17) is 11.2 Å². The van der Waals surface area contributed by atoms with Crippen molar-refractivity contribution in [3.05, 3.63) is 23.8 Å². The van der Waals surface area contributed by atoms with Crippen molar-refractivity contribution in [3.8, 4) is 18.1 Å². The minimum atomic E-state index is -0.397. The van der Waals surface area contributed by atoms with E-state index in [1.165, 1.54) is 7.11 Å². The fourth-order valence-corrected chi connectivity index (χ4v) is 1.24. The molecule has 0 heterocycles. The molecule has 0 radical (unpaired) electrons. The van der Waals surface area contributed by atoms with Crippen LogP contribution >= 0.6 is 0 Å². The molecular weight excluding hydrogens is 206 g/mol. The molecule has 0 unspecified atom stereocenters. The summed E-state index contributed by atoms with van der Waals surface area (Å²) >= 11 is 0. The molecule has 84 valence electrons. The van der Waals surface area contributed by atoms with Crippen molar-refractivity contribution in [3.63, 3.8) is 0 Å². The molecule has 0 saturated heterocycles. The number of rotatable bonds is 4. The molecule has 16 heavy (non-hydrogen) atoms. The number of benzene rings is 1. The smallest absolute Gasteiger partial charge is 0.337 e. The summed E-state index contributed by atoms with van der Waals surface area (Å²) in [5.74, 6) is 2.68. The van der Waals surface area contributed by atoms with Crippen molar-refractivity contribution in [2.24, 2.45) is 0 Å². The van der Waals surface area contributed by atoms with E-state index < -0.39 is 5.97 Å². The third-order valence-electron chi connectivity index (χ3n) is 2.00. The van der Waals surface area contributed by atoms with E-state index in [1.807, 2.05) is 0 Å². The number of ether oxygens (including phenoxy) is 2. The number of carbonyl (C=O) groups is 1. The highest BCUT2D eigenvalue weighted by Crippen LogP contribution is 2.25. The number of methoxy groups -OCH3 is 2. The number of hydrogen-bond acceptors (Lipinski definition) is 4. The number of esters is 1. The Hall–Kier alpha value is -2.15. The normalized spacial score (nSPS) is 9.06. The quantitative estimate of drug-likeness (QED) is 0.616. The van der Waals surface area contributed by atoms with Crippen LogP contribution in [-0.2, 0) is 4.74 Å². The average molecular weight is 219 g/mol. The lowest BCUT2D eigenvalue weighted by atomic mass is 10.2. The van der Waals surface area contributed by atoms with Gasteiger partial charge in [0.1, 0.15) is 5.75 Å². The zero-order valence-corrected chi connectivity index (χ0v) is 9.24. The maximum atomic E-state index is 11.3. The lowest BCUT2D eigenvalue weighted by molar-refractivity contribution is 0.0601. The molecule has 1 rings (SSSR count). The Bertz CT molecular complexity index is 421. The van der Waals surface area contributed by atoms with Crippen molar-refractivity contribution >= 4 is 11.7 Å². The fourth-order valence-electron chi connectivity index (χ4n) is 1.24. The summed E-state index contributed by atoms with van der Waals surface area (Å²) in [6.07, 6.45) is 5.15. The van der Waals surface area contributed by atoms with Crippen molar-refractivity contribution in [1.29, 1.82) is 0 Å². The van der Waals surface area contributed by atoms with Gasteiger partial charge < -0.3 is 14.8 Å². The van der Waals surface area contributed by atoms with Gasteiger partial charge in [-0.2, -0.15) is 0 Å². The van der Waals surface area contributed by atoms with E-state index in [0.717, 1.165) is 0 Å². The lowest BCUT2D eigenvalue weighted by Crippen LogP contribution is -2.05. The molecule has 1 N–H and O–H groups in total. The van der Waals surface area contributed by atoms with Crippen LogP contribution in [0.4, 0.5) is 5.69 Å². The van der Waals surface area contributed by atoms with Crippen molar-refractivity contribution < 1.29 is 14.3 Å². The fraction of sp³-hybridized carbons (Fsp3) is 0.250. The van der Waals surface area contributed by atoms with E-state index in [1.54, 1.807) is 25.3 Å². The molecule has 4 nitrogen and oxygen atoms in total. The summed E-state index contributed by atoms with van der Waals surface area (Å²) in [5, 5.41) is 2.96. The van der Waals surface area contributed by atoms with Gasteiger partial charge in [0.2, 0.25) is 0 Å². The highest BCUT2D eigenvalue weighted by molar-refractivity contribution is 5.91. The highest BCUT2D eigenvalue weighted by atomic mass is 16.5. The summed E-state index contributed by atoms with van der Waals surface area (Å²) in [4.78, 5) is 11.3. The molecule has 1 aromatic rings. The van der Waals surface area contributed by atoms with E-state index in [0.29, 0.717) is 23.5 Å². The summed E-state index contributed by atoms with van der Waals surface area (Å²) < 4.78 is 9.75. The maximum absolute atomic E-state index is 11.3. The molecule has 0 bridgehead atoms. The van der Waals surface area contributed by atoms with Crippen LogP contribution in [-0.4, -0.2) is 26.7 Å². The number of carbonyl (C=O) groups excluding carboxylic acids is 1. The second-order valence-corrected chi connectivity index (χ2v) is 2.96. The molecule has 0 fully saturated rings. The summed E-state index contributed by atoms with van der Waals surface area (Å²) in [6.45, 7) is 0.362. The Labute approximate surface area is 94.6 Å². The van der Waals surface area contributed by atoms with Gasteiger partial charge in [-0.15, -0.1) is 6.42 Å². The third-order valence-corrected chi connectivity index (χ3v) is 2.00. The predicted molar refractivity (Wildman–Crippen MR) is 61.7 cm³/mol. The van der Waals surface area contributed by atoms with Crippen LogP contribution in [0.15, 0.2) is 18.2 Å². The molecule has 4 heteroatoms. The largest absolute Gasteiger partial charge is 0.495 e. The standard InChI is InChI=1S/C12H13NO3/c1-4-7-13-10-8-9(12(14)16-3)5-6-11(10)15-2/h1,5-6,8,13H,7H2,2-3H3. The Morgan fingerprint density at radius 1 is 1.50 bits per heavy atom. The minimum absolute atomic E-state index is 0.362. The van der Waals surface area contributed by atoms with Crippen molar-refractivity contribution in [1.82, 2.24) is 0 Å². The van der Waals surface area contributed by atoms with Crippen molar-refractivity contribution in [2.45, 2.75) is 0 Å². The van der Waals surface area contributed by atoms with Gasteiger partial charge in [-0.25, -0.2) is 4.79 Å². The lowest BCUT2D eigenvalue weighted by Gasteiger charge is -2.10. The molecule has 0 aromatic heterocycles. The monoisotopic (exact) mass is 219 g/mol. The van der Waals surface area contributed by atoms with E-state index in [2.05, 4.69) is 16.0 Å². The maximum Gasteiger partial charge on any atom is 0.337 e. The van der Waals surface area contributed by atoms with E-state index in [-0.39, 0.29) is 0 Å². The second-order valence-electron chi connectivity index (χ2n) is 2.96. The van der Waals surface area contributed by atoms with Crippen LogP contribution in [0.5, 0.6) is 5.75 Å². The van der Waals surface area contributed by atoms with Crippen LogP contribution in [0, 0.1) is 12.3 Å². The van der Waals surface area contributed by atoms with Crippen LogP contribution in [0.3, 0.4) is 0 Å². The molecule has 0 aliphatic rings. The number of terminal acetylenes is 1. The SMILES string of the molecule is C#CCNc1cc(C(=O)OC)ccc1OC. The molecular formula is C12H13NO3. The van der Waals surface area contributed by atoms with Crippen LogP contribution in [0.1, 0.15) is 10.4 Å². The van der Waals surface area contributed by atoms with Gasteiger partial charge >= 0.3 is 5.97 Å². The highest BCUT2D eigenvalue weighted by Gasteiger charge is 2.09. The molecule has 1 aromatic carbocycles. The first kappa shape index (κ1) is 11.9. The van der Waals surface area contributed by atoms with Gasteiger partial charge in [0.05, 0.1) is 32.0 Å². The van der Waals surface area contributed by atoms with E-state index >= 15 is 0 Å². The Morgan fingerprint density at radius 3 is 2.81 bits per heavy atom. The molecule has 0 spiro atoms. The second kappa shape index (κ2) is 5.66. The van der Waals surface area contributed by atoms with Gasteiger partial charge in [0, 0.05) is 0 Å². The zero-order chi connectivity index (χ0) is 12.0. The first-order valence-electron chi connectivity index (χ1n) is 4.66. The van der Waals surface area contributed by atoms with Gasteiger partial charge in [0.25, 0.3) is 0 Å². The third kappa shape index (κ3) is 2.67. The summed E-state index contributed by atoms with van der Waals surface area (Å²) in [6, 6.07) is 4.96. The molecule has 0 saturated carbocycles. The number of hydrogen-bond donors (Lipinski definition) is 1. The first-order valence-corrected chi connectivity index (χ1v) is 4.66. The number of nitrogens with one attached hydrogen (secondary N) is 1. The molecule has 0 aliphatic carbocycles. The summed E-state index contributed by atoms with van der Waals surface area (Å²) in [5.41, 5.74) is 1.12. The number of anilines is 1. The van der Waals surface area contributed by atoms with E-state index in [9.17, 15) is 4.79 Å². The van der Waals surface area contributed by atoms with Gasteiger partial charge in [-0.05, 0) is 18.2 Å². The van der Waals surface area contributed by atoms with Gasteiger partial charge in [0.15, 0.2) is 0 Å². The van der Waals surface area contributed by atoms with Gasteiger partial charge in [-0.3, -0.25) is 0 Å². The Morgan fingerprint density at radius 2 is 2.25 bits per heavy atom.